The van der Waals surface area contributed by atoms with E-state index in [1.54, 1.807) is 24.3 Å². The first-order valence-electron chi connectivity index (χ1n) is 5.98. The monoisotopic (exact) mass is 294 g/mol. The lowest BCUT2D eigenvalue weighted by atomic mass is 10.1. The third kappa shape index (κ3) is 3.11. The molecule has 1 fully saturated rings. The lowest BCUT2D eigenvalue weighted by molar-refractivity contribution is -0.140. The summed E-state index contributed by atoms with van der Waals surface area (Å²) in [4.78, 5) is 35.6. The smallest absolute Gasteiger partial charge is 0.327 e. The Bertz CT molecular complexity index is 544. The molecule has 1 heterocycles. The van der Waals surface area contributed by atoms with Crippen LogP contribution in [0.25, 0.3) is 0 Å². The van der Waals surface area contributed by atoms with E-state index in [2.05, 4.69) is 5.32 Å². The Labute approximate surface area is 120 Å². The highest BCUT2D eigenvalue weighted by molar-refractivity contribution is 7.99. The second-order valence-electron chi connectivity index (χ2n) is 4.39. The number of carboxylic acids is 1. The molecular formula is C13H14N2O4S. The molecule has 106 valence electrons. The first-order valence-corrected chi connectivity index (χ1v) is 7.13. The Balaban J connectivity index is 2.13. The number of hydrogen-bond donors (Lipinski definition) is 2. The second-order valence-corrected chi connectivity index (χ2v) is 5.39. The van der Waals surface area contributed by atoms with Gasteiger partial charge in [-0.25, -0.2) is 4.79 Å². The number of nitrogens with one attached hydrogen (secondary N) is 1. The number of amides is 2. The van der Waals surface area contributed by atoms with Gasteiger partial charge in [0.2, 0.25) is 5.91 Å². The van der Waals surface area contributed by atoms with Crippen molar-refractivity contribution in [1.29, 1.82) is 0 Å². The number of rotatable bonds is 3. The lowest BCUT2D eigenvalue weighted by Crippen LogP contribution is -2.41. The second kappa shape index (κ2) is 5.96. The number of aliphatic carboxylic acids is 1. The topological polar surface area (TPSA) is 86.7 Å². The Morgan fingerprint density at radius 3 is 2.50 bits per heavy atom. The van der Waals surface area contributed by atoms with E-state index in [4.69, 9.17) is 5.11 Å². The van der Waals surface area contributed by atoms with E-state index in [1.807, 2.05) is 0 Å². The summed E-state index contributed by atoms with van der Waals surface area (Å²) in [6.07, 6.45) is 0. The zero-order valence-corrected chi connectivity index (χ0v) is 11.6. The molecule has 0 saturated carbocycles. The number of hydrogen-bond acceptors (Lipinski definition) is 4. The van der Waals surface area contributed by atoms with Crippen LogP contribution in [0.15, 0.2) is 24.3 Å². The first-order chi connectivity index (χ1) is 9.49. The fraction of sp³-hybridized carbons (Fsp3) is 0.308. The number of carbonyl (C=O) groups is 3. The standard InChI is InChI=1S/C13H14N2O4S/c1-8(16)14-10-4-2-9(3-5-10)12(17)15-7-20-6-11(15)13(18)19/h2-5,11H,6-7H2,1H3,(H,14,16)(H,18,19). The molecule has 6 nitrogen and oxygen atoms in total. The number of thioether (sulfide) groups is 1. The van der Waals surface area contributed by atoms with Crippen LogP contribution >= 0.6 is 11.8 Å². The van der Waals surface area contributed by atoms with E-state index in [-0.39, 0.29) is 11.8 Å². The highest BCUT2D eigenvalue weighted by Crippen LogP contribution is 2.23. The van der Waals surface area contributed by atoms with Gasteiger partial charge in [0, 0.05) is 23.9 Å². The van der Waals surface area contributed by atoms with Crippen molar-refractivity contribution in [1.82, 2.24) is 4.90 Å². The molecule has 0 aromatic heterocycles. The van der Waals surface area contributed by atoms with Crippen molar-refractivity contribution >= 4 is 35.2 Å². The molecular weight excluding hydrogens is 280 g/mol. The van der Waals surface area contributed by atoms with Gasteiger partial charge < -0.3 is 15.3 Å². The Hall–Kier alpha value is -2.02. The van der Waals surface area contributed by atoms with Crippen molar-refractivity contribution in [3.05, 3.63) is 29.8 Å². The highest BCUT2D eigenvalue weighted by atomic mass is 32.2. The maximum atomic E-state index is 12.3. The van der Waals surface area contributed by atoms with Gasteiger partial charge in [0.05, 0.1) is 5.88 Å². The number of anilines is 1. The van der Waals surface area contributed by atoms with Crippen LogP contribution in [0, 0.1) is 0 Å². The van der Waals surface area contributed by atoms with Gasteiger partial charge >= 0.3 is 5.97 Å². The maximum Gasteiger partial charge on any atom is 0.327 e. The van der Waals surface area contributed by atoms with Crippen LogP contribution in [0.1, 0.15) is 17.3 Å². The Kier molecular flexibility index (Phi) is 4.29. The molecule has 0 bridgehead atoms. The summed E-state index contributed by atoms with van der Waals surface area (Å²) in [5.74, 6) is -0.699. The van der Waals surface area contributed by atoms with Crippen LogP contribution in [-0.4, -0.2) is 45.5 Å². The quantitative estimate of drug-likeness (QED) is 0.876. The lowest BCUT2D eigenvalue weighted by Gasteiger charge is -2.20. The summed E-state index contributed by atoms with van der Waals surface area (Å²) in [6, 6.07) is 5.62. The predicted molar refractivity (Wildman–Crippen MR) is 75.7 cm³/mol. The van der Waals surface area contributed by atoms with Crippen LogP contribution in [0.3, 0.4) is 0 Å². The van der Waals surface area contributed by atoms with Crippen molar-refractivity contribution < 1.29 is 19.5 Å². The number of benzene rings is 1. The molecule has 1 unspecified atom stereocenters. The molecule has 0 aliphatic carbocycles. The molecule has 2 rings (SSSR count). The normalized spacial score (nSPS) is 17.9. The maximum absolute atomic E-state index is 12.3. The van der Waals surface area contributed by atoms with Gasteiger partial charge in [-0.3, -0.25) is 9.59 Å². The van der Waals surface area contributed by atoms with E-state index in [9.17, 15) is 14.4 Å². The SMILES string of the molecule is CC(=O)Nc1ccc(C(=O)N2CSCC2C(=O)O)cc1. The minimum absolute atomic E-state index is 0.189. The number of carboxylic acid groups (broad SMARTS) is 1. The van der Waals surface area contributed by atoms with Gasteiger partial charge in [-0.2, -0.15) is 0 Å². The van der Waals surface area contributed by atoms with E-state index < -0.39 is 12.0 Å². The molecule has 2 amide bonds. The summed E-state index contributed by atoms with van der Waals surface area (Å²) in [5.41, 5.74) is 1.01. The summed E-state index contributed by atoms with van der Waals surface area (Å²) in [5, 5.41) is 11.7. The third-order valence-electron chi connectivity index (χ3n) is 2.88. The molecule has 1 aliphatic heterocycles. The molecule has 1 saturated heterocycles. The van der Waals surface area contributed by atoms with E-state index in [0.29, 0.717) is 22.9 Å². The van der Waals surface area contributed by atoms with Gasteiger partial charge in [0.1, 0.15) is 6.04 Å². The summed E-state index contributed by atoms with van der Waals surface area (Å²) in [7, 11) is 0. The Morgan fingerprint density at radius 1 is 1.30 bits per heavy atom. The molecule has 1 aliphatic rings. The minimum atomic E-state index is -0.988. The molecule has 0 spiro atoms. The van der Waals surface area contributed by atoms with Crippen molar-refractivity contribution in [3.8, 4) is 0 Å². The number of nitrogens with zero attached hydrogens (tertiary/aromatic N) is 1. The molecule has 1 atom stereocenters. The largest absolute Gasteiger partial charge is 0.480 e. The van der Waals surface area contributed by atoms with Crippen molar-refractivity contribution in [3.63, 3.8) is 0 Å². The van der Waals surface area contributed by atoms with Gasteiger partial charge in [0.25, 0.3) is 5.91 Å². The Morgan fingerprint density at radius 2 is 1.95 bits per heavy atom. The van der Waals surface area contributed by atoms with Crippen LogP contribution in [0.5, 0.6) is 0 Å². The van der Waals surface area contributed by atoms with Gasteiger partial charge in [-0.15, -0.1) is 11.8 Å². The van der Waals surface area contributed by atoms with E-state index in [0.717, 1.165) is 0 Å². The summed E-state index contributed by atoms with van der Waals surface area (Å²) < 4.78 is 0. The highest BCUT2D eigenvalue weighted by Gasteiger charge is 2.34. The molecule has 2 N–H and O–H groups in total. The van der Waals surface area contributed by atoms with Gasteiger partial charge in [-0.1, -0.05) is 0 Å². The van der Waals surface area contributed by atoms with E-state index in [1.165, 1.54) is 23.6 Å². The van der Waals surface area contributed by atoms with Crippen molar-refractivity contribution in [2.75, 3.05) is 16.9 Å². The van der Waals surface area contributed by atoms with Gasteiger partial charge in [0.15, 0.2) is 0 Å². The summed E-state index contributed by atoms with van der Waals surface area (Å²) in [6.45, 7) is 1.40. The fourth-order valence-electron chi connectivity index (χ4n) is 1.91. The number of carbonyl (C=O) groups excluding carboxylic acids is 2. The molecule has 20 heavy (non-hydrogen) atoms. The minimum Gasteiger partial charge on any atom is -0.480 e. The molecule has 1 aromatic rings. The first kappa shape index (κ1) is 14.4. The average molecular weight is 294 g/mol. The third-order valence-corrected chi connectivity index (χ3v) is 3.89. The van der Waals surface area contributed by atoms with Crippen LogP contribution in [0.2, 0.25) is 0 Å². The molecule has 0 radical (unpaired) electrons. The van der Waals surface area contributed by atoms with Gasteiger partial charge in [-0.05, 0) is 24.3 Å². The summed E-state index contributed by atoms with van der Waals surface area (Å²) >= 11 is 1.42. The van der Waals surface area contributed by atoms with Crippen LogP contribution in [0.4, 0.5) is 5.69 Å². The average Bonchev–Trinajstić information content (AvgIpc) is 2.87. The predicted octanol–water partition coefficient (Wildman–Crippen LogP) is 1.24. The fourth-order valence-corrected chi connectivity index (χ4v) is 3.06. The van der Waals surface area contributed by atoms with Crippen molar-refractivity contribution in [2.45, 2.75) is 13.0 Å². The molecule has 7 heteroatoms. The van der Waals surface area contributed by atoms with Crippen LogP contribution in [-0.2, 0) is 9.59 Å². The zero-order chi connectivity index (χ0) is 14.7. The van der Waals surface area contributed by atoms with E-state index >= 15 is 0 Å². The van der Waals surface area contributed by atoms with Crippen molar-refractivity contribution in [2.24, 2.45) is 0 Å². The molecule has 1 aromatic carbocycles. The van der Waals surface area contributed by atoms with Crippen LogP contribution < -0.4 is 5.32 Å². The zero-order valence-electron chi connectivity index (χ0n) is 10.8.